The van der Waals surface area contributed by atoms with Gasteiger partial charge in [-0.15, -0.1) is 0 Å². The lowest BCUT2D eigenvalue weighted by atomic mass is 9.89. The molecule has 192 valence electrons. The number of likely N-dealkylation sites (tertiary alicyclic amines) is 1. The Morgan fingerprint density at radius 1 is 1.28 bits per heavy atom. The summed E-state index contributed by atoms with van der Waals surface area (Å²) >= 11 is 0. The van der Waals surface area contributed by atoms with Crippen molar-refractivity contribution in [2.45, 2.75) is 57.6 Å². The topological polar surface area (TPSA) is 77.3 Å². The molecule has 0 N–H and O–H groups in total. The number of rotatable bonds is 6. The van der Waals surface area contributed by atoms with Crippen molar-refractivity contribution < 1.29 is 22.7 Å². The average Bonchev–Trinajstić information content (AvgIpc) is 3.19. The smallest absolute Gasteiger partial charge is 0.266 e. The number of pyridine rings is 1. The van der Waals surface area contributed by atoms with Crippen molar-refractivity contribution in [3.8, 4) is 0 Å². The van der Waals surface area contributed by atoms with Gasteiger partial charge in [-0.25, -0.2) is 23.1 Å². The number of amides is 1. The molecule has 2 aromatic heterocycles. The molecule has 1 fully saturated rings. The van der Waals surface area contributed by atoms with Gasteiger partial charge in [-0.1, -0.05) is 25.1 Å². The number of fused-ring (bicyclic) bond motifs is 1. The number of hydrogen-bond donors (Lipinski definition) is 0. The number of carbonyl (C=O) groups is 1. The number of benzene rings is 1. The van der Waals surface area contributed by atoms with Crippen LogP contribution in [0.25, 0.3) is 11.0 Å². The van der Waals surface area contributed by atoms with E-state index in [1.165, 1.54) is 37.1 Å². The van der Waals surface area contributed by atoms with Crippen molar-refractivity contribution in [1.29, 1.82) is 0 Å². The molecule has 1 aliphatic rings. The Bertz CT molecular complexity index is 1380. The highest BCUT2D eigenvalue weighted by atomic mass is 19.3. The van der Waals surface area contributed by atoms with Gasteiger partial charge in [0.1, 0.15) is 23.4 Å². The van der Waals surface area contributed by atoms with E-state index in [2.05, 4.69) is 9.97 Å². The van der Waals surface area contributed by atoms with E-state index in [0.29, 0.717) is 28.7 Å². The van der Waals surface area contributed by atoms with Gasteiger partial charge in [-0.3, -0.25) is 14.2 Å². The molecule has 0 saturated carbocycles. The number of aromatic nitrogens is 3. The van der Waals surface area contributed by atoms with Crippen LogP contribution in [0.5, 0.6) is 0 Å². The number of nitrogens with zero attached hydrogens (tertiary/aromatic N) is 4. The Hall–Kier alpha value is -3.27. The van der Waals surface area contributed by atoms with Crippen LogP contribution in [0.15, 0.2) is 35.4 Å². The van der Waals surface area contributed by atoms with Crippen LogP contribution in [0, 0.1) is 5.82 Å². The summed E-state index contributed by atoms with van der Waals surface area (Å²) < 4.78 is 48.6. The number of ether oxygens (including phenoxy) is 1. The largest absolute Gasteiger partial charge is 0.371 e. The van der Waals surface area contributed by atoms with Crippen LogP contribution in [-0.2, 0) is 28.6 Å². The maximum Gasteiger partial charge on any atom is 0.266 e. The lowest BCUT2D eigenvalue weighted by Crippen LogP contribution is -2.40. The summed E-state index contributed by atoms with van der Waals surface area (Å²) in [7, 11) is 3.12. The molecule has 1 aromatic carbocycles. The van der Waals surface area contributed by atoms with Gasteiger partial charge in [0.15, 0.2) is 0 Å². The summed E-state index contributed by atoms with van der Waals surface area (Å²) in [5.74, 6) is -1.50. The summed E-state index contributed by atoms with van der Waals surface area (Å²) in [6.45, 7) is 5.36. The second-order valence-electron chi connectivity index (χ2n) is 9.53. The standard InChI is InChI=1S/C26H29F3N4O3/c1-14(17-7-6-8-18(22(17)27)23(28)29)9-21-19-10-20(25(35)32(4)24(19)31-13-30-21)26(36-5)11-15(2)33(12-26)16(3)34/h6-8,10,13-15,23H,9,11-12H2,1-5H3/t14-,15+,26?/m0/s1. The molecule has 1 amide bonds. The van der Waals surface area contributed by atoms with Gasteiger partial charge < -0.3 is 9.64 Å². The molecule has 4 rings (SSSR count). The number of hydrogen-bond acceptors (Lipinski definition) is 5. The van der Waals surface area contributed by atoms with Crippen LogP contribution in [0.2, 0.25) is 0 Å². The first-order valence-electron chi connectivity index (χ1n) is 11.7. The lowest BCUT2D eigenvalue weighted by molar-refractivity contribution is -0.130. The quantitative estimate of drug-likeness (QED) is 0.504. The number of aryl methyl sites for hydroxylation is 1. The lowest BCUT2D eigenvalue weighted by Gasteiger charge is -2.28. The normalized spacial score (nSPS) is 20.9. The fourth-order valence-electron chi connectivity index (χ4n) is 5.28. The molecule has 36 heavy (non-hydrogen) atoms. The Morgan fingerprint density at radius 3 is 2.58 bits per heavy atom. The van der Waals surface area contributed by atoms with Crippen LogP contribution in [0.1, 0.15) is 61.9 Å². The number of halogens is 3. The van der Waals surface area contributed by atoms with Crippen molar-refractivity contribution in [3.05, 3.63) is 69.1 Å². The van der Waals surface area contributed by atoms with Crippen molar-refractivity contribution in [2.75, 3.05) is 13.7 Å². The number of carbonyl (C=O) groups excluding carboxylic acids is 1. The molecule has 7 nitrogen and oxygen atoms in total. The Kier molecular flexibility index (Phi) is 6.92. The highest BCUT2D eigenvalue weighted by Gasteiger charge is 2.47. The van der Waals surface area contributed by atoms with E-state index in [1.54, 1.807) is 24.9 Å². The molecule has 0 spiro atoms. The first-order chi connectivity index (χ1) is 17.0. The van der Waals surface area contributed by atoms with Gasteiger partial charge in [0.25, 0.3) is 12.0 Å². The Labute approximate surface area is 206 Å². The van der Waals surface area contributed by atoms with Crippen LogP contribution in [-0.4, -0.2) is 45.0 Å². The highest BCUT2D eigenvalue weighted by molar-refractivity contribution is 5.79. The van der Waals surface area contributed by atoms with E-state index in [-0.39, 0.29) is 36.0 Å². The molecule has 3 aromatic rings. The summed E-state index contributed by atoms with van der Waals surface area (Å²) in [6.07, 6.45) is -0.912. The zero-order valence-corrected chi connectivity index (χ0v) is 20.9. The zero-order chi connectivity index (χ0) is 26.4. The minimum atomic E-state index is -2.91. The molecule has 0 bridgehead atoms. The van der Waals surface area contributed by atoms with Crippen molar-refractivity contribution in [1.82, 2.24) is 19.4 Å². The fourth-order valence-corrected chi connectivity index (χ4v) is 5.28. The monoisotopic (exact) mass is 502 g/mol. The first-order valence-corrected chi connectivity index (χ1v) is 11.7. The summed E-state index contributed by atoms with van der Waals surface area (Å²) in [4.78, 5) is 35.9. The van der Waals surface area contributed by atoms with Crippen LogP contribution in [0.3, 0.4) is 0 Å². The molecule has 3 heterocycles. The van der Waals surface area contributed by atoms with Crippen LogP contribution >= 0.6 is 0 Å². The molecular formula is C26H29F3N4O3. The molecule has 0 radical (unpaired) electrons. The van der Waals surface area contributed by atoms with E-state index in [0.717, 1.165) is 6.07 Å². The maximum absolute atomic E-state index is 14.8. The van der Waals surface area contributed by atoms with Gasteiger partial charge in [-0.05, 0) is 30.9 Å². The minimum Gasteiger partial charge on any atom is -0.371 e. The molecule has 0 aliphatic carbocycles. The van der Waals surface area contributed by atoms with E-state index in [9.17, 15) is 22.8 Å². The van der Waals surface area contributed by atoms with E-state index in [4.69, 9.17) is 4.74 Å². The van der Waals surface area contributed by atoms with E-state index < -0.39 is 29.3 Å². The van der Waals surface area contributed by atoms with Crippen LogP contribution < -0.4 is 5.56 Å². The van der Waals surface area contributed by atoms with Crippen molar-refractivity contribution in [2.24, 2.45) is 7.05 Å². The van der Waals surface area contributed by atoms with Crippen molar-refractivity contribution in [3.63, 3.8) is 0 Å². The number of alkyl halides is 2. The molecular weight excluding hydrogens is 473 g/mol. The molecule has 1 saturated heterocycles. The van der Waals surface area contributed by atoms with E-state index in [1.807, 2.05) is 6.92 Å². The fraction of sp³-hybridized carbons (Fsp3) is 0.462. The van der Waals surface area contributed by atoms with Gasteiger partial charge in [-0.2, -0.15) is 0 Å². The van der Waals surface area contributed by atoms with Gasteiger partial charge in [0.2, 0.25) is 5.91 Å². The summed E-state index contributed by atoms with van der Waals surface area (Å²) in [5.41, 5.74) is -0.454. The third-order valence-corrected chi connectivity index (χ3v) is 7.28. The van der Waals surface area contributed by atoms with Gasteiger partial charge in [0.05, 0.1) is 23.4 Å². The molecule has 10 heteroatoms. The highest BCUT2D eigenvalue weighted by Crippen LogP contribution is 2.39. The SMILES string of the molecule is COC1(c2cc3c(C[C@H](C)c4cccc(C(F)F)c4F)ncnc3n(C)c2=O)C[C@@H](C)N(C(C)=O)C1. The van der Waals surface area contributed by atoms with Crippen LogP contribution in [0.4, 0.5) is 13.2 Å². The predicted octanol–water partition coefficient (Wildman–Crippen LogP) is 4.23. The number of methoxy groups -OCH3 is 1. The average molecular weight is 503 g/mol. The third kappa shape index (κ3) is 4.27. The minimum absolute atomic E-state index is 0.107. The molecule has 1 unspecified atom stereocenters. The maximum atomic E-state index is 14.8. The van der Waals surface area contributed by atoms with Gasteiger partial charge in [0, 0.05) is 38.9 Å². The summed E-state index contributed by atoms with van der Waals surface area (Å²) in [5, 5.41) is 0.581. The summed E-state index contributed by atoms with van der Waals surface area (Å²) in [6, 6.07) is 5.56. The first kappa shape index (κ1) is 25.8. The molecule has 3 atom stereocenters. The predicted molar refractivity (Wildman–Crippen MR) is 128 cm³/mol. The molecule has 1 aliphatic heterocycles. The second kappa shape index (κ2) is 9.65. The Morgan fingerprint density at radius 2 is 1.97 bits per heavy atom. The van der Waals surface area contributed by atoms with E-state index >= 15 is 0 Å². The third-order valence-electron chi connectivity index (χ3n) is 7.28. The van der Waals surface area contributed by atoms with Gasteiger partial charge >= 0.3 is 0 Å². The zero-order valence-electron chi connectivity index (χ0n) is 20.9. The second-order valence-corrected chi connectivity index (χ2v) is 9.53. The van der Waals surface area contributed by atoms with Crippen molar-refractivity contribution >= 4 is 16.9 Å². The Balaban J connectivity index is 1.82.